The Morgan fingerprint density at radius 2 is 2.29 bits per heavy atom. The Morgan fingerprint density at radius 3 is 2.94 bits per heavy atom. The van der Waals surface area contributed by atoms with Crippen molar-refractivity contribution < 1.29 is 4.92 Å². The van der Waals surface area contributed by atoms with Gasteiger partial charge in [-0.25, -0.2) is 4.98 Å². The van der Waals surface area contributed by atoms with Gasteiger partial charge >= 0.3 is 5.69 Å². The minimum absolute atomic E-state index is 0.0694. The predicted molar refractivity (Wildman–Crippen MR) is 60.4 cm³/mol. The second kappa shape index (κ2) is 4.31. The summed E-state index contributed by atoms with van der Waals surface area (Å²) in [7, 11) is 0. The molecule has 0 aliphatic heterocycles. The summed E-state index contributed by atoms with van der Waals surface area (Å²) in [6.45, 7) is 0. The lowest BCUT2D eigenvalue weighted by molar-refractivity contribution is -0.385. The number of imidazole rings is 1. The van der Waals surface area contributed by atoms with Gasteiger partial charge in [-0.05, 0) is 15.9 Å². The standard InChI is InChI=1S/C9H4BrN5O2/c10-6-4-12-5-7(15(16)17)9(6)14-2-1-13-8(14)3-11/h1-2,4-5H. The molecule has 17 heavy (non-hydrogen) atoms. The summed E-state index contributed by atoms with van der Waals surface area (Å²) in [6, 6.07) is 1.86. The summed E-state index contributed by atoms with van der Waals surface area (Å²) in [5, 5.41) is 19.8. The first-order valence-corrected chi connectivity index (χ1v) is 5.16. The molecule has 7 nitrogen and oxygen atoms in total. The zero-order chi connectivity index (χ0) is 12.4. The number of nitriles is 1. The van der Waals surface area contributed by atoms with Crippen LogP contribution >= 0.6 is 15.9 Å². The lowest BCUT2D eigenvalue weighted by Gasteiger charge is -2.06. The molecule has 0 unspecified atom stereocenters. The van der Waals surface area contributed by atoms with Crippen LogP contribution in [0.5, 0.6) is 0 Å². The minimum atomic E-state index is -0.561. The molecule has 0 spiro atoms. The van der Waals surface area contributed by atoms with E-state index in [1.54, 1.807) is 0 Å². The fraction of sp³-hybridized carbons (Fsp3) is 0. The van der Waals surface area contributed by atoms with Gasteiger partial charge in [0.1, 0.15) is 18.0 Å². The molecule has 0 saturated carbocycles. The molecule has 0 aliphatic carbocycles. The van der Waals surface area contributed by atoms with E-state index in [0.717, 1.165) is 6.20 Å². The molecule has 2 aromatic heterocycles. The van der Waals surface area contributed by atoms with Gasteiger partial charge in [0, 0.05) is 18.6 Å². The van der Waals surface area contributed by atoms with Gasteiger partial charge in [-0.2, -0.15) is 5.26 Å². The van der Waals surface area contributed by atoms with Gasteiger partial charge in [0.05, 0.1) is 9.40 Å². The first kappa shape index (κ1) is 11.2. The van der Waals surface area contributed by atoms with Crippen LogP contribution in [-0.2, 0) is 0 Å². The van der Waals surface area contributed by atoms with Crippen LogP contribution in [0.15, 0.2) is 29.3 Å². The molecule has 2 rings (SSSR count). The van der Waals surface area contributed by atoms with E-state index < -0.39 is 4.92 Å². The molecule has 0 fully saturated rings. The summed E-state index contributed by atoms with van der Waals surface area (Å²) < 4.78 is 1.75. The highest BCUT2D eigenvalue weighted by molar-refractivity contribution is 9.10. The fourth-order valence-electron chi connectivity index (χ4n) is 1.36. The Bertz CT molecular complexity index is 631. The summed E-state index contributed by atoms with van der Waals surface area (Å²) in [5.41, 5.74) is 0.0351. The largest absolute Gasteiger partial charge is 0.312 e. The summed E-state index contributed by atoms with van der Waals surface area (Å²) >= 11 is 3.18. The molecule has 8 heteroatoms. The SMILES string of the molecule is N#Cc1nccn1-c1c(Br)cncc1[N+](=O)[O-]. The third-order valence-electron chi connectivity index (χ3n) is 2.03. The first-order chi connectivity index (χ1) is 8.15. The van der Waals surface area contributed by atoms with Gasteiger partial charge in [0.2, 0.25) is 5.82 Å². The van der Waals surface area contributed by atoms with Crippen molar-refractivity contribution >= 4 is 21.6 Å². The summed E-state index contributed by atoms with van der Waals surface area (Å²) in [5.74, 6) is 0.0694. The number of pyridine rings is 1. The van der Waals surface area contributed by atoms with Crippen molar-refractivity contribution in [2.75, 3.05) is 0 Å². The zero-order valence-corrected chi connectivity index (χ0v) is 9.83. The lowest BCUT2D eigenvalue weighted by Crippen LogP contribution is -2.03. The van der Waals surface area contributed by atoms with Crippen molar-refractivity contribution in [3.8, 4) is 11.8 Å². The van der Waals surface area contributed by atoms with Crippen LogP contribution in [0.3, 0.4) is 0 Å². The first-order valence-electron chi connectivity index (χ1n) is 4.37. The normalized spacial score (nSPS) is 9.88. The van der Waals surface area contributed by atoms with Gasteiger partial charge in [-0.15, -0.1) is 0 Å². The highest BCUT2D eigenvalue weighted by Gasteiger charge is 2.20. The van der Waals surface area contributed by atoms with Gasteiger partial charge in [-0.3, -0.25) is 19.7 Å². The molecule has 0 bridgehead atoms. The number of hydrogen-bond acceptors (Lipinski definition) is 5. The Balaban J connectivity index is 2.75. The van der Waals surface area contributed by atoms with Crippen LogP contribution in [0.25, 0.3) is 5.69 Å². The minimum Gasteiger partial charge on any atom is -0.284 e. The predicted octanol–water partition coefficient (Wildman–Crippen LogP) is 1.81. The molecule has 0 atom stereocenters. The van der Waals surface area contributed by atoms with Crippen molar-refractivity contribution in [2.24, 2.45) is 0 Å². The van der Waals surface area contributed by atoms with Crippen molar-refractivity contribution in [1.82, 2.24) is 14.5 Å². The number of aromatic nitrogens is 3. The zero-order valence-electron chi connectivity index (χ0n) is 8.24. The van der Waals surface area contributed by atoms with Crippen LogP contribution in [0.4, 0.5) is 5.69 Å². The van der Waals surface area contributed by atoms with Crippen LogP contribution in [0.2, 0.25) is 0 Å². The maximum Gasteiger partial charge on any atom is 0.312 e. The molecule has 2 heterocycles. The van der Waals surface area contributed by atoms with Crippen LogP contribution in [0, 0.1) is 21.4 Å². The van der Waals surface area contributed by atoms with E-state index in [4.69, 9.17) is 5.26 Å². The van der Waals surface area contributed by atoms with E-state index >= 15 is 0 Å². The topological polar surface area (TPSA) is 97.6 Å². The second-order valence-corrected chi connectivity index (χ2v) is 3.83. The van der Waals surface area contributed by atoms with Crippen molar-refractivity contribution in [2.45, 2.75) is 0 Å². The van der Waals surface area contributed by atoms with E-state index in [0.29, 0.717) is 4.47 Å². The highest BCUT2D eigenvalue weighted by Crippen LogP contribution is 2.29. The quantitative estimate of drug-likeness (QED) is 0.621. The van der Waals surface area contributed by atoms with Crippen molar-refractivity contribution in [3.05, 3.63) is 45.2 Å². The number of halogens is 1. The maximum atomic E-state index is 10.9. The van der Waals surface area contributed by atoms with Gasteiger partial charge in [0.25, 0.3) is 0 Å². The van der Waals surface area contributed by atoms with Crippen molar-refractivity contribution in [1.29, 1.82) is 5.26 Å². The van der Waals surface area contributed by atoms with Gasteiger partial charge in [-0.1, -0.05) is 0 Å². The molecule has 0 aromatic carbocycles. The molecule has 2 aromatic rings. The molecule has 0 saturated heterocycles. The van der Waals surface area contributed by atoms with E-state index in [2.05, 4.69) is 25.9 Å². The van der Waals surface area contributed by atoms with E-state index in [9.17, 15) is 10.1 Å². The van der Waals surface area contributed by atoms with Gasteiger partial charge < -0.3 is 0 Å². The summed E-state index contributed by atoms with van der Waals surface area (Å²) in [4.78, 5) is 17.9. The van der Waals surface area contributed by atoms with Crippen molar-refractivity contribution in [3.63, 3.8) is 0 Å². The number of hydrogen-bond donors (Lipinski definition) is 0. The molecule has 0 amide bonds. The van der Waals surface area contributed by atoms with Crippen LogP contribution in [-0.4, -0.2) is 19.5 Å². The van der Waals surface area contributed by atoms with Crippen LogP contribution in [0.1, 0.15) is 5.82 Å². The Morgan fingerprint density at radius 1 is 1.53 bits per heavy atom. The average molecular weight is 294 g/mol. The molecular formula is C9H4BrN5O2. The third-order valence-corrected chi connectivity index (χ3v) is 2.61. The molecule has 84 valence electrons. The van der Waals surface area contributed by atoms with Crippen LogP contribution < -0.4 is 0 Å². The molecule has 0 radical (unpaired) electrons. The third kappa shape index (κ3) is 1.88. The van der Waals surface area contributed by atoms with E-state index in [1.165, 1.54) is 23.2 Å². The molecule has 0 N–H and O–H groups in total. The van der Waals surface area contributed by atoms with E-state index in [1.807, 2.05) is 6.07 Å². The Hall–Kier alpha value is -2.27. The second-order valence-electron chi connectivity index (χ2n) is 2.98. The van der Waals surface area contributed by atoms with E-state index in [-0.39, 0.29) is 17.2 Å². The monoisotopic (exact) mass is 293 g/mol. The average Bonchev–Trinajstić information content (AvgIpc) is 2.76. The number of nitrogens with zero attached hydrogens (tertiary/aromatic N) is 5. The lowest BCUT2D eigenvalue weighted by atomic mass is 10.3. The smallest absolute Gasteiger partial charge is 0.284 e. The molecule has 0 aliphatic rings. The Labute approximate surface area is 104 Å². The fourth-order valence-corrected chi connectivity index (χ4v) is 1.87. The summed E-state index contributed by atoms with van der Waals surface area (Å²) in [6.07, 6.45) is 5.42. The number of nitro groups is 1. The molecular weight excluding hydrogens is 290 g/mol. The van der Waals surface area contributed by atoms with Gasteiger partial charge in [0.15, 0.2) is 0 Å². The maximum absolute atomic E-state index is 10.9. The highest BCUT2D eigenvalue weighted by atomic mass is 79.9. The Kier molecular flexibility index (Phi) is 2.84. The number of rotatable bonds is 2.